The van der Waals surface area contributed by atoms with Crippen LogP contribution >= 0.6 is 11.6 Å². The molecule has 0 fully saturated rings. The second kappa shape index (κ2) is 6.81. The Labute approximate surface area is 142 Å². The van der Waals surface area contributed by atoms with E-state index >= 15 is 0 Å². The molecular formula is C18H13ClFN3O. The maximum Gasteiger partial charge on any atom is 0.266 e. The minimum atomic E-state index is -0.453. The van der Waals surface area contributed by atoms with Gasteiger partial charge in [-0.25, -0.2) is 4.39 Å². The summed E-state index contributed by atoms with van der Waals surface area (Å²) in [5.41, 5.74) is 1.09. The molecule has 0 saturated heterocycles. The molecule has 0 amide bonds. The summed E-state index contributed by atoms with van der Waals surface area (Å²) in [4.78, 5) is 18.8. The Morgan fingerprint density at radius 2 is 2.08 bits per heavy atom. The van der Waals surface area contributed by atoms with Gasteiger partial charge in [-0.05, 0) is 49.1 Å². The van der Waals surface area contributed by atoms with Crippen molar-refractivity contribution in [2.24, 2.45) is 0 Å². The van der Waals surface area contributed by atoms with Gasteiger partial charge in [0.05, 0.1) is 0 Å². The molecule has 0 atom stereocenters. The first-order valence-corrected chi connectivity index (χ1v) is 7.81. The highest BCUT2D eigenvalue weighted by molar-refractivity contribution is 6.31. The van der Waals surface area contributed by atoms with Crippen LogP contribution in [0.3, 0.4) is 0 Å². The van der Waals surface area contributed by atoms with Gasteiger partial charge in [-0.3, -0.25) is 9.78 Å². The molecule has 0 bridgehead atoms. The predicted molar refractivity (Wildman–Crippen MR) is 90.5 cm³/mol. The highest BCUT2D eigenvalue weighted by Gasteiger charge is 2.12. The average molecular weight is 342 g/mol. The molecule has 0 saturated carbocycles. The van der Waals surface area contributed by atoms with Crippen LogP contribution in [0.5, 0.6) is 0 Å². The Kier molecular flexibility index (Phi) is 4.59. The summed E-state index contributed by atoms with van der Waals surface area (Å²) in [6.45, 7) is 0. The van der Waals surface area contributed by atoms with Crippen LogP contribution in [0.25, 0.3) is 10.8 Å². The number of pyridine rings is 2. The van der Waals surface area contributed by atoms with Crippen LogP contribution < -0.4 is 5.56 Å². The van der Waals surface area contributed by atoms with Crippen LogP contribution in [-0.4, -0.2) is 9.97 Å². The zero-order valence-electron chi connectivity index (χ0n) is 12.6. The first-order valence-electron chi connectivity index (χ1n) is 7.43. The SMILES string of the molecule is N#Cc1c(=O)[nH]c(CCCc2cnccc2Cl)c2cc(F)ccc12. The number of hydrogen-bond acceptors (Lipinski definition) is 3. The number of nitrogens with zero attached hydrogens (tertiary/aromatic N) is 2. The number of H-pyrrole nitrogens is 1. The number of nitriles is 1. The Hall–Kier alpha value is -2.71. The number of benzene rings is 1. The maximum absolute atomic E-state index is 13.6. The van der Waals surface area contributed by atoms with E-state index in [2.05, 4.69) is 9.97 Å². The summed E-state index contributed by atoms with van der Waals surface area (Å²) in [7, 11) is 0. The molecule has 3 rings (SSSR count). The van der Waals surface area contributed by atoms with E-state index in [1.807, 2.05) is 6.07 Å². The van der Waals surface area contributed by atoms with Crippen molar-refractivity contribution in [3.8, 4) is 6.07 Å². The van der Waals surface area contributed by atoms with Crippen molar-refractivity contribution in [3.05, 3.63) is 74.7 Å². The lowest BCUT2D eigenvalue weighted by Crippen LogP contribution is -2.14. The van der Waals surface area contributed by atoms with Gasteiger partial charge in [0.2, 0.25) is 0 Å². The lowest BCUT2D eigenvalue weighted by molar-refractivity contribution is 0.629. The third-order valence-electron chi connectivity index (χ3n) is 3.90. The van der Waals surface area contributed by atoms with E-state index < -0.39 is 11.4 Å². The summed E-state index contributed by atoms with van der Waals surface area (Å²) in [5.74, 6) is -0.407. The molecule has 0 unspecified atom stereocenters. The number of aromatic nitrogens is 2. The van der Waals surface area contributed by atoms with E-state index in [4.69, 9.17) is 16.9 Å². The topological polar surface area (TPSA) is 69.5 Å². The zero-order valence-corrected chi connectivity index (χ0v) is 13.4. The lowest BCUT2D eigenvalue weighted by atomic mass is 10.0. The van der Waals surface area contributed by atoms with E-state index in [1.54, 1.807) is 18.5 Å². The molecule has 120 valence electrons. The number of nitrogens with one attached hydrogen (secondary N) is 1. The molecule has 2 heterocycles. The number of hydrogen-bond donors (Lipinski definition) is 1. The van der Waals surface area contributed by atoms with Crippen LogP contribution in [0.1, 0.15) is 23.2 Å². The third kappa shape index (κ3) is 3.15. The summed E-state index contributed by atoms with van der Waals surface area (Å²) >= 11 is 6.10. The van der Waals surface area contributed by atoms with Crippen molar-refractivity contribution < 1.29 is 4.39 Å². The van der Waals surface area contributed by atoms with Gasteiger partial charge in [-0.2, -0.15) is 5.26 Å². The normalized spacial score (nSPS) is 10.7. The van der Waals surface area contributed by atoms with Crippen LogP contribution in [-0.2, 0) is 12.8 Å². The number of rotatable bonds is 4. The minimum Gasteiger partial charge on any atom is -0.324 e. The van der Waals surface area contributed by atoms with E-state index in [0.29, 0.717) is 40.8 Å². The predicted octanol–water partition coefficient (Wildman–Crippen LogP) is 3.76. The smallest absolute Gasteiger partial charge is 0.266 e. The number of fused-ring (bicyclic) bond motifs is 1. The summed E-state index contributed by atoms with van der Waals surface area (Å²) in [5, 5.41) is 10.8. The summed E-state index contributed by atoms with van der Waals surface area (Å²) in [6.07, 6.45) is 5.26. The van der Waals surface area contributed by atoms with Gasteiger partial charge in [-0.1, -0.05) is 11.6 Å². The largest absolute Gasteiger partial charge is 0.324 e. The number of aromatic amines is 1. The van der Waals surface area contributed by atoms with Gasteiger partial charge in [0, 0.05) is 33.9 Å². The van der Waals surface area contributed by atoms with Crippen molar-refractivity contribution in [2.75, 3.05) is 0 Å². The molecule has 4 nitrogen and oxygen atoms in total. The summed E-state index contributed by atoms with van der Waals surface area (Å²) in [6, 6.07) is 7.68. The molecule has 0 aliphatic carbocycles. The molecule has 1 N–H and O–H groups in total. The molecule has 2 aromatic heterocycles. The van der Waals surface area contributed by atoms with E-state index in [9.17, 15) is 9.18 Å². The number of halogens is 2. The molecular weight excluding hydrogens is 329 g/mol. The number of aryl methyl sites for hydroxylation is 2. The standard InChI is InChI=1S/C18H13ClFN3O/c19-16-6-7-22-10-11(16)2-1-3-17-14-8-12(20)4-5-13(14)15(9-21)18(24)23-17/h4-8,10H,1-3H2,(H,23,24). The minimum absolute atomic E-state index is 0.00375. The van der Waals surface area contributed by atoms with Gasteiger partial charge >= 0.3 is 0 Å². The highest BCUT2D eigenvalue weighted by Crippen LogP contribution is 2.22. The van der Waals surface area contributed by atoms with Crippen molar-refractivity contribution in [1.29, 1.82) is 5.26 Å². The maximum atomic E-state index is 13.6. The van der Waals surface area contributed by atoms with Crippen LogP contribution in [0, 0.1) is 17.1 Å². The molecule has 3 aromatic rings. The van der Waals surface area contributed by atoms with Crippen LogP contribution in [0.2, 0.25) is 5.02 Å². The molecule has 24 heavy (non-hydrogen) atoms. The van der Waals surface area contributed by atoms with E-state index in [-0.39, 0.29) is 5.56 Å². The Morgan fingerprint density at radius 1 is 1.25 bits per heavy atom. The van der Waals surface area contributed by atoms with Gasteiger partial charge < -0.3 is 4.98 Å². The lowest BCUT2D eigenvalue weighted by Gasteiger charge is -2.09. The van der Waals surface area contributed by atoms with E-state index in [0.717, 1.165) is 5.56 Å². The van der Waals surface area contributed by atoms with Crippen molar-refractivity contribution in [2.45, 2.75) is 19.3 Å². The molecule has 0 aliphatic rings. The molecule has 0 radical (unpaired) electrons. The van der Waals surface area contributed by atoms with Crippen molar-refractivity contribution >= 4 is 22.4 Å². The Morgan fingerprint density at radius 3 is 2.83 bits per heavy atom. The average Bonchev–Trinajstić information content (AvgIpc) is 2.57. The fourth-order valence-corrected chi connectivity index (χ4v) is 2.93. The quantitative estimate of drug-likeness (QED) is 0.785. The molecule has 0 spiro atoms. The first-order chi connectivity index (χ1) is 11.6. The van der Waals surface area contributed by atoms with Crippen LogP contribution in [0.15, 0.2) is 41.5 Å². The molecule has 6 heteroatoms. The Balaban J connectivity index is 1.92. The third-order valence-corrected chi connectivity index (χ3v) is 4.27. The van der Waals surface area contributed by atoms with Crippen LogP contribution in [0.4, 0.5) is 4.39 Å². The van der Waals surface area contributed by atoms with Gasteiger partial charge in [0.15, 0.2) is 0 Å². The second-order valence-electron chi connectivity index (χ2n) is 5.43. The van der Waals surface area contributed by atoms with Crippen molar-refractivity contribution in [3.63, 3.8) is 0 Å². The molecule has 0 aliphatic heterocycles. The summed E-state index contributed by atoms with van der Waals surface area (Å²) < 4.78 is 13.6. The molecule has 1 aromatic carbocycles. The van der Waals surface area contributed by atoms with Crippen molar-refractivity contribution in [1.82, 2.24) is 9.97 Å². The highest BCUT2D eigenvalue weighted by atomic mass is 35.5. The Bertz CT molecular complexity index is 1010. The van der Waals surface area contributed by atoms with E-state index in [1.165, 1.54) is 18.2 Å². The fraction of sp³-hybridized carbons (Fsp3) is 0.167. The van der Waals surface area contributed by atoms with Gasteiger partial charge in [0.25, 0.3) is 5.56 Å². The first kappa shape index (κ1) is 16.2. The second-order valence-corrected chi connectivity index (χ2v) is 5.84. The fourth-order valence-electron chi connectivity index (χ4n) is 2.73. The van der Waals surface area contributed by atoms with Gasteiger partial charge in [-0.15, -0.1) is 0 Å². The van der Waals surface area contributed by atoms with Gasteiger partial charge in [0.1, 0.15) is 17.4 Å². The monoisotopic (exact) mass is 341 g/mol. The zero-order chi connectivity index (χ0) is 17.1.